The van der Waals surface area contributed by atoms with Crippen LogP contribution in [0, 0.1) is 5.92 Å². The third-order valence-electron chi connectivity index (χ3n) is 6.73. The molecule has 2 aromatic carbocycles. The Hall–Kier alpha value is -3.18. The molecule has 0 saturated carbocycles. The zero-order valence-electron chi connectivity index (χ0n) is 22.1. The number of halogens is 1. The summed E-state index contributed by atoms with van der Waals surface area (Å²) in [6, 6.07) is 14.0. The van der Waals surface area contributed by atoms with Gasteiger partial charge in [-0.1, -0.05) is 18.5 Å². The number of aliphatic hydroxyl groups excluding tert-OH is 1. The molecule has 0 bridgehead atoms. The van der Waals surface area contributed by atoms with E-state index in [2.05, 4.69) is 14.6 Å². The number of aromatic nitrogens is 1. The molecule has 1 amide bonds. The molecule has 9 nitrogen and oxygen atoms in total. The summed E-state index contributed by atoms with van der Waals surface area (Å²) >= 11 is 5.90. The number of hydrogen-bond acceptors (Lipinski definition) is 7. The van der Waals surface area contributed by atoms with Gasteiger partial charge in [-0.2, -0.15) is 0 Å². The van der Waals surface area contributed by atoms with E-state index in [1.807, 2.05) is 26.1 Å². The average molecular weight is 573 g/mol. The molecule has 0 saturated heterocycles. The fraction of sp³-hybridized carbons (Fsp3) is 0.357. The van der Waals surface area contributed by atoms with E-state index in [0.29, 0.717) is 30.4 Å². The summed E-state index contributed by atoms with van der Waals surface area (Å²) in [6.07, 6.45) is 3.24. The zero-order valence-corrected chi connectivity index (χ0v) is 23.7. The van der Waals surface area contributed by atoms with E-state index in [9.17, 15) is 18.3 Å². The normalized spacial score (nSPS) is 18.6. The van der Waals surface area contributed by atoms with E-state index < -0.39 is 16.1 Å². The number of carbonyl (C=O) groups is 1. The number of ether oxygens (including phenoxy) is 1. The van der Waals surface area contributed by atoms with Crippen LogP contribution in [0.25, 0.3) is 0 Å². The maximum Gasteiger partial charge on any atom is 0.261 e. The van der Waals surface area contributed by atoms with Crippen molar-refractivity contribution < 1.29 is 23.1 Å². The van der Waals surface area contributed by atoms with Gasteiger partial charge in [0.05, 0.1) is 23.1 Å². The Morgan fingerprint density at radius 2 is 1.87 bits per heavy atom. The lowest BCUT2D eigenvalue weighted by atomic mass is 9.99. The number of hydrogen-bond donors (Lipinski definition) is 2. The number of carbonyl (C=O) groups excluding carboxylic acids is 1. The molecule has 0 radical (unpaired) electrons. The molecule has 3 atom stereocenters. The van der Waals surface area contributed by atoms with Crippen LogP contribution in [0.1, 0.15) is 29.8 Å². The van der Waals surface area contributed by atoms with E-state index in [0.717, 1.165) is 5.56 Å². The minimum absolute atomic E-state index is 0.0425. The van der Waals surface area contributed by atoms with Crippen LogP contribution in [0.4, 0.5) is 5.69 Å². The number of nitrogens with one attached hydrogen (secondary N) is 1. The van der Waals surface area contributed by atoms with Crippen LogP contribution in [0.5, 0.6) is 5.75 Å². The number of fused-ring (bicyclic) bond motifs is 1. The van der Waals surface area contributed by atoms with Crippen molar-refractivity contribution in [2.45, 2.75) is 37.4 Å². The average Bonchev–Trinajstić information content (AvgIpc) is 2.91. The summed E-state index contributed by atoms with van der Waals surface area (Å²) in [5.74, 6) is -0.0213. The van der Waals surface area contributed by atoms with Gasteiger partial charge in [-0.15, -0.1) is 0 Å². The van der Waals surface area contributed by atoms with E-state index in [1.54, 1.807) is 36.4 Å². The Morgan fingerprint density at radius 3 is 2.54 bits per heavy atom. The largest absolute Gasteiger partial charge is 0.488 e. The highest BCUT2D eigenvalue weighted by atomic mass is 35.5. The quantitative estimate of drug-likeness (QED) is 0.400. The molecular weight excluding hydrogens is 540 g/mol. The van der Waals surface area contributed by atoms with Crippen molar-refractivity contribution in [3.8, 4) is 5.75 Å². The van der Waals surface area contributed by atoms with Crippen molar-refractivity contribution in [3.05, 3.63) is 83.1 Å². The summed E-state index contributed by atoms with van der Waals surface area (Å²) < 4.78 is 34.8. The van der Waals surface area contributed by atoms with Crippen LogP contribution < -0.4 is 9.46 Å². The zero-order chi connectivity index (χ0) is 28.2. The summed E-state index contributed by atoms with van der Waals surface area (Å²) in [5, 5.41) is 10.3. The van der Waals surface area contributed by atoms with E-state index in [1.165, 1.54) is 30.3 Å². The third-order valence-corrected chi connectivity index (χ3v) is 8.38. The van der Waals surface area contributed by atoms with Gasteiger partial charge < -0.3 is 14.7 Å². The minimum atomic E-state index is -3.92. The molecule has 1 aliphatic heterocycles. The highest BCUT2D eigenvalue weighted by Gasteiger charge is 2.33. The van der Waals surface area contributed by atoms with Crippen molar-refractivity contribution in [1.82, 2.24) is 14.8 Å². The second-order valence-corrected chi connectivity index (χ2v) is 12.1. The highest BCUT2D eigenvalue weighted by Crippen LogP contribution is 2.31. The molecule has 2 N–H and O–H groups in total. The topological polar surface area (TPSA) is 112 Å². The number of nitrogens with zero attached hydrogens (tertiary/aromatic N) is 3. The molecule has 4 rings (SSSR count). The molecular formula is C28H33ClN4O5S. The summed E-state index contributed by atoms with van der Waals surface area (Å²) in [6.45, 7) is 5.25. The van der Waals surface area contributed by atoms with Crippen molar-refractivity contribution >= 4 is 33.2 Å². The first-order valence-corrected chi connectivity index (χ1v) is 14.5. The number of sulfonamides is 1. The Bertz CT molecular complexity index is 1390. The molecule has 11 heteroatoms. The van der Waals surface area contributed by atoms with Crippen LogP contribution in [-0.2, 0) is 16.6 Å². The monoisotopic (exact) mass is 572 g/mol. The van der Waals surface area contributed by atoms with Gasteiger partial charge in [-0.3, -0.25) is 19.4 Å². The molecule has 39 heavy (non-hydrogen) atoms. The first kappa shape index (κ1) is 28.8. The van der Waals surface area contributed by atoms with Crippen LogP contribution in [0.3, 0.4) is 0 Å². The van der Waals surface area contributed by atoms with Crippen molar-refractivity contribution in [1.29, 1.82) is 0 Å². The van der Waals surface area contributed by atoms with E-state index in [-0.39, 0.29) is 40.7 Å². The Balaban J connectivity index is 1.63. The van der Waals surface area contributed by atoms with Crippen molar-refractivity contribution in [3.63, 3.8) is 0 Å². The second-order valence-electron chi connectivity index (χ2n) is 9.95. The Morgan fingerprint density at radius 1 is 1.18 bits per heavy atom. The molecule has 2 heterocycles. The SMILES string of the molecule is C[C@@H]1CN([C@@H](C)CO)C(=O)c2cc(NS(=O)(=O)c3ccc(Cl)cc3)ccc2O[C@@H]1CN(C)Cc1ccncc1. The molecule has 0 fully saturated rings. The Labute approximate surface area is 234 Å². The molecule has 208 valence electrons. The number of likely N-dealkylation sites (N-methyl/N-ethyl adjacent to an activating group) is 1. The van der Waals surface area contributed by atoms with E-state index in [4.69, 9.17) is 16.3 Å². The van der Waals surface area contributed by atoms with Crippen molar-refractivity contribution in [2.75, 3.05) is 31.5 Å². The molecule has 3 aromatic rings. The van der Waals surface area contributed by atoms with Crippen LogP contribution in [0.15, 0.2) is 71.9 Å². The first-order chi connectivity index (χ1) is 18.6. The first-order valence-electron chi connectivity index (χ1n) is 12.7. The smallest absolute Gasteiger partial charge is 0.261 e. The van der Waals surface area contributed by atoms with Gasteiger partial charge in [-0.25, -0.2) is 8.42 Å². The molecule has 0 unspecified atom stereocenters. The van der Waals surface area contributed by atoms with Crippen LogP contribution in [0.2, 0.25) is 5.02 Å². The van der Waals surface area contributed by atoms with Gasteiger partial charge in [0.1, 0.15) is 11.9 Å². The highest BCUT2D eigenvalue weighted by molar-refractivity contribution is 7.92. The van der Waals surface area contributed by atoms with Gasteiger partial charge in [0, 0.05) is 48.7 Å². The fourth-order valence-corrected chi connectivity index (χ4v) is 5.68. The standard InChI is InChI=1S/C28H33ClN4O5S/c1-19-15-33(20(2)18-34)28(35)25-14-23(31-39(36,37)24-7-4-22(29)5-8-24)6-9-26(25)38-27(19)17-32(3)16-21-10-12-30-13-11-21/h4-14,19-20,27,31,34H,15-18H2,1-3H3/t19-,20+,27-/m1/s1. The summed E-state index contributed by atoms with van der Waals surface area (Å²) in [4.78, 5) is 21.5. The van der Waals surface area contributed by atoms with E-state index >= 15 is 0 Å². The number of benzene rings is 2. The van der Waals surface area contributed by atoms with Gasteiger partial charge in [0.2, 0.25) is 0 Å². The molecule has 0 spiro atoms. The number of anilines is 1. The van der Waals surface area contributed by atoms with Gasteiger partial charge in [0.25, 0.3) is 15.9 Å². The second kappa shape index (κ2) is 12.3. The number of pyridine rings is 1. The van der Waals surface area contributed by atoms with Crippen LogP contribution >= 0.6 is 11.6 Å². The Kier molecular flexibility index (Phi) is 9.12. The lowest BCUT2D eigenvalue weighted by Gasteiger charge is -2.38. The molecule has 1 aromatic heterocycles. The van der Waals surface area contributed by atoms with Gasteiger partial charge in [-0.05, 0) is 74.1 Å². The predicted molar refractivity (Wildman–Crippen MR) is 150 cm³/mol. The number of aliphatic hydroxyl groups is 1. The van der Waals surface area contributed by atoms with Crippen molar-refractivity contribution in [2.24, 2.45) is 5.92 Å². The number of amides is 1. The molecule has 1 aliphatic rings. The van der Waals surface area contributed by atoms with Gasteiger partial charge in [0.15, 0.2) is 0 Å². The lowest BCUT2D eigenvalue weighted by molar-refractivity contribution is 0.0341. The molecule has 0 aliphatic carbocycles. The number of rotatable bonds is 9. The summed E-state index contributed by atoms with van der Waals surface area (Å²) in [7, 11) is -1.91. The minimum Gasteiger partial charge on any atom is -0.488 e. The maximum atomic E-state index is 13.7. The fourth-order valence-electron chi connectivity index (χ4n) is 4.50. The predicted octanol–water partition coefficient (Wildman–Crippen LogP) is 3.89. The third kappa shape index (κ3) is 7.07. The maximum absolute atomic E-state index is 13.7. The lowest BCUT2D eigenvalue weighted by Crippen LogP contribution is -2.49. The summed E-state index contributed by atoms with van der Waals surface area (Å²) in [5.41, 5.74) is 1.56. The van der Waals surface area contributed by atoms with Gasteiger partial charge >= 0.3 is 0 Å². The van der Waals surface area contributed by atoms with Crippen LogP contribution in [-0.4, -0.2) is 73.1 Å².